The van der Waals surface area contributed by atoms with E-state index in [1.807, 2.05) is 0 Å². The third kappa shape index (κ3) is 1.99. The van der Waals surface area contributed by atoms with Gasteiger partial charge in [-0.05, 0) is 0 Å². The van der Waals surface area contributed by atoms with Gasteiger partial charge in [0, 0.05) is 0 Å². The summed E-state index contributed by atoms with van der Waals surface area (Å²) in [5.41, 5.74) is 2.58. The van der Waals surface area contributed by atoms with Crippen LogP contribution in [0.5, 0.6) is 11.5 Å². The summed E-state index contributed by atoms with van der Waals surface area (Å²) in [5, 5.41) is 27.0. The molecule has 3 unspecified atom stereocenters. The molecule has 5 atom stereocenters. The number of phenolic OH excluding ortho intramolecular Hbond substituents is 1. The van der Waals surface area contributed by atoms with Crippen LogP contribution in [-0.4, -0.2) is 32.3 Å². The molecule has 0 aromatic heterocycles. The molecule has 1 aromatic rings. The number of nitrogens with one attached hydrogen (secondary N) is 1. The van der Waals surface area contributed by atoms with Gasteiger partial charge in [-0.3, -0.25) is 0 Å². The number of halogens is 1. The van der Waals surface area contributed by atoms with Crippen LogP contribution in [0.25, 0.3) is 0 Å². The minimum atomic E-state index is -0.791. The van der Waals surface area contributed by atoms with Gasteiger partial charge in [0.25, 0.3) is 0 Å². The molecule has 2 bridgehead atoms. The molecule has 1 aromatic carbocycles. The van der Waals surface area contributed by atoms with Gasteiger partial charge in [-0.25, -0.2) is 0 Å². The van der Waals surface area contributed by atoms with E-state index in [9.17, 15) is 10.2 Å². The molecule has 6 rings (SSSR count). The first-order valence-corrected chi connectivity index (χ1v) is 12.9. The number of hydrogen-bond donors (Lipinski definition) is 3. The van der Waals surface area contributed by atoms with Crippen LogP contribution in [-0.2, 0) is 11.8 Å². The van der Waals surface area contributed by atoms with Crippen molar-refractivity contribution in [3.05, 3.63) is 35.4 Å². The average Bonchev–Trinajstić information content (AvgIpc) is 3.49. The average molecular weight is 494 g/mol. The van der Waals surface area contributed by atoms with Crippen LogP contribution in [0.1, 0.15) is 56.6 Å². The van der Waals surface area contributed by atoms with Crippen LogP contribution >= 0.6 is 0 Å². The molecule has 5 heteroatoms. The molecule has 1 heterocycles. The van der Waals surface area contributed by atoms with Crippen LogP contribution in [0.2, 0.25) is 0 Å². The molecule has 3 N–H and O–H groups in total. The van der Waals surface area contributed by atoms with Gasteiger partial charge in [0.05, 0.1) is 0 Å². The van der Waals surface area contributed by atoms with Gasteiger partial charge >= 0.3 is 178 Å². The third-order valence-electron chi connectivity index (χ3n) is 8.55. The van der Waals surface area contributed by atoms with E-state index in [0.717, 1.165) is 50.1 Å². The molecule has 152 valence electrons. The predicted molar refractivity (Wildman–Crippen MR) is 103 cm³/mol. The van der Waals surface area contributed by atoms with Crippen molar-refractivity contribution in [2.45, 2.75) is 72.9 Å². The first-order chi connectivity index (χ1) is 13.5. The number of fused-ring (bicyclic) bond motifs is 1. The molecular weight excluding hydrogens is 465 g/mol. The molecule has 0 amide bonds. The summed E-state index contributed by atoms with van der Waals surface area (Å²) in [6.07, 6.45) is 7.30. The van der Waals surface area contributed by atoms with E-state index in [1.54, 1.807) is 6.07 Å². The second kappa shape index (κ2) is 5.67. The number of hydrogen-bond acceptors (Lipinski definition) is 4. The van der Waals surface area contributed by atoms with Crippen LogP contribution in [0.4, 0.5) is 0 Å². The summed E-state index contributed by atoms with van der Waals surface area (Å²) in [5.74, 6) is 1.69. The van der Waals surface area contributed by atoms with Crippen molar-refractivity contribution in [2.75, 3.05) is 6.54 Å². The van der Waals surface area contributed by atoms with Crippen molar-refractivity contribution < 1.29 is 34.9 Å². The molecule has 5 aliphatic rings. The van der Waals surface area contributed by atoms with Gasteiger partial charge in [-0.1, -0.05) is 0 Å². The fraction of sp³-hybridized carbons (Fsp3) is 0.652. The number of phenols is 1. The van der Waals surface area contributed by atoms with E-state index < -0.39 is 27.2 Å². The SMILES string of the molecule is C=C1CC[C@@]2(O)C(NCC3CC3)C3(CC)Cc4ccc(O)c5c4[C@@]2(C3)C1[I-]O5. The van der Waals surface area contributed by atoms with Crippen molar-refractivity contribution in [1.29, 1.82) is 0 Å². The molecule has 0 radical (unpaired) electrons. The van der Waals surface area contributed by atoms with Crippen molar-refractivity contribution in [2.24, 2.45) is 11.3 Å². The Kier molecular flexibility index (Phi) is 3.65. The van der Waals surface area contributed by atoms with Crippen molar-refractivity contribution >= 4 is 0 Å². The Bertz CT molecular complexity index is 883. The van der Waals surface area contributed by atoms with Crippen molar-refractivity contribution in [1.82, 2.24) is 5.32 Å². The van der Waals surface area contributed by atoms with Gasteiger partial charge in [-0.15, -0.1) is 0 Å². The van der Waals surface area contributed by atoms with E-state index in [2.05, 4.69) is 24.9 Å². The molecule has 28 heavy (non-hydrogen) atoms. The number of benzene rings is 1. The van der Waals surface area contributed by atoms with E-state index in [4.69, 9.17) is 3.07 Å². The number of alkyl halides is 1. The normalized spacial score (nSPS) is 43.1. The zero-order valence-electron chi connectivity index (χ0n) is 16.4. The summed E-state index contributed by atoms with van der Waals surface area (Å²) >= 11 is -0.665. The third-order valence-corrected chi connectivity index (χ3v) is 11.7. The van der Waals surface area contributed by atoms with E-state index in [-0.39, 0.29) is 26.5 Å². The van der Waals surface area contributed by atoms with Gasteiger partial charge < -0.3 is 0 Å². The number of allylic oxidation sites excluding steroid dienone is 1. The number of aromatic hydroxyl groups is 1. The predicted octanol–water partition coefficient (Wildman–Crippen LogP) is 0.201. The van der Waals surface area contributed by atoms with Crippen LogP contribution in [0, 0.1) is 11.3 Å². The maximum absolute atomic E-state index is 12.5. The summed E-state index contributed by atoms with van der Waals surface area (Å²) < 4.78 is 6.46. The van der Waals surface area contributed by atoms with Gasteiger partial charge in [-0.2, -0.15) is 0 Å². The van der Waals surface area contributed by atoms with Gasteiger partial charge in [0.1, 0.15) is 0 Å². The Morgan fingerprint density at radius 2 is 2.18 bits per heavy atom. The van der Waals surface area contributed by atoms with Crippen molar-refractivity contribution in [3.63, 3.8) is 0 Å². The van der Waals surface area contributed by atoms with E-state index in [1.165, 1.54) is 24.0 Å². The second-order valence-corrected chi connectivity index (χ2v) is 12.1. The Morgan fingerprint density at radius 1 is 1.36 bits per heavy atom. The summed E-state index contributed by atoms with van der Waals surface area (Å²) in [6, 6.07) is 3.99. The van der Waals surface area contributed by atoms with Crippen LogP contribution in [0.15, 0.2) is 24.3 Å². The van der Waals surface area contributed by atoms with Gasteiger partial charge in [0.2, 0.25) is 0 Å². The maximum atomic E-state index is 12.5. The Morgan fingerprint density at radius 3 is 2.93 bits per heavy atom. The Hall–Kier alpha value is -0.790. The molecule has 1 aliphatic heterocycles. The molecule has 4 aliphatic carbocycles. The fourth-order valence-corrected chi connectivity index (χ4v) is 10.2. The molecule has 3 fully saturated rings. The molecule has 3 saturated carbocycles. The minimum absolute atomic E-state index is 0.0643. The molecule has 1 spiro atoms. The van der Waals surface area contributed by atoms with Crippen molar-refractivity contribution in [3.8, 4) is 11.5 Å². The molecule has 4 nitrogen and oxygen atoms in total. The Balaban J connectivity index is 1.60. The first-order valence-electron chi connectivity index (χ1n) is 10.7. The Labute approximate surface area is 177 Å². The number of rotatable bonds is 4. The molecular formula is C23H29INO3-. The summed E-state index contributed by atoms with van der Waals surface area (Å²) in [7, 11) is 0. The summed E-state index contributed by atoms with van der Waals surface area (Å²) in [4.78, 5) is 0. The first kappa shape index (κ1) is 18.0. The topological polar surface area (TPSA) is 61.7 Å². The molecule has 0 saturated heterocycles. The van der Waals surface area contributed by atoms with E-state index in [0.29, 0.717) is 5.75 Å². The quantitative estimate of drug-likeness (QED) is 0.318. The van der Waals surface area contributed by atoms with Crippen LogP contribution < -0.4 is 30.0 Å². The fourth-order valence-electron chi connectivity index (χ4n) is 7.05. The van der Waals surface area contributed by atoms with Crippen LogP contribution in [0.3, 0.4) is 0 Å². The second-order valence-electron chi connectivity index (χ2n) is 9.88. The zero-order chi connectivity index (χ0) is 19.3. The standard InChI is InChI=1S/C23H29INO3/c1-3-21-10-15-6-7-16(26)18-17(15)22(12-21)19(24-28-18)13(2)8-9-23(22,27)20(21)25-11-14-4-5-14/h6-7,14,19-20,25-27H,2-5,8-12H2,1H3/q-1/t19?,20?,21?,22-,23+/m0/s1. The zero-order valence-corrected chi connectivity index (χ0v) is 18.6. The van der Waals surface area contributed by atoms with Gasteiger partial charge in [0.15, 0.2) is 0 Å². The monoisotopic (exact) mass is 494 g/mol. The van der Waals surface area contributed by atoms with E-state index >= 15 is 0 Å². The number of aliphatic hydroxyl groups is 1. The summed E-state index contributed by atoms with van der Waals surface area (Å²) in [6.45, 7) is 7.76.